The Balaban J connectivity index is 1.62. The van der Waals surface area contributed by atoms with Crippen LogP contribution in [0.15, 0.2) is 80.3 Å². The molecule has 0 saturated carbocycles. The van der Waals surface area contributed by atoms with E-state index < -0.39 is 11.9 Å². The highest BCUT2D eigenvalue weighted by molar-refractivity contribution is 9.11. The van der Waals surface area contributed by atoms with E-state index in [9.17, 15) is 9.59 Å². The first-order valence-corrected chi connectivity index (χ1v) is 13.8. The summed E-state index contributed by atoms with van der Waals surface area (Å²) in [6, 6.07) is 15.6. The predicted molar refractivity (Wildman–Crippen MR) is 157 cm³/mol. The average molecular weight is 676 g/mol. The number of benzene rings is 3. The average Bonchev–Trinajstić information content (AvgIpc) is 3.27. The highest BCUT2D eigenvalue weighted by atomic mass is 79.9. The van der Waals surface area contributed by atoms with Crippen LogP contribution >= 0.6 is 43.5 Å². The molecule has 0 spiro atoms. The minimum Gasteiger partial charge on any atom is -0.490 e. The lowest BCUT2D eigenvalue weighted by atomic mass is 10.1. The Kier molecular flexibility index (Phi) is 9.61. The third-order valence-corrected chi connectivity index (χ3v) is 6.52. The number of aliphatic imine (C=N–C) groups is 1. The zero-order valence-corrected chi connectivity index (χ0v) is 24.8. The molecule has 0 N–H and O–H groups in total. The first-order valence-electron chi connectivity index (χ1n) is 11.8. The monoisotopic (exact) mass is 673 g/mol. The molecule has 39 heavy (non-hydrogen) atoms. The van der Waals surface area contributed by atoms with Gasteiger partial charge in [0.25, 0.3) is 0 Å². The van der Waals surface area contributed by atoms with Crippen LogP contribution in [0.3, 0.4) is 0 Å². The number of carbonyl (C=O) groups excluding carboxylic acids is 2. The van der Waals surface area contributed by atoms with Crippen molar-refractivity contribution in [3.8, 4) is 17.2 Å². The zero-order chi connectivity index (χ0) is 27.9. The Hall–Kier alpha value is -3.40. The molecule has 0 unspecified atom stereocenters. The minimum atomic E-state index is -0.646. The number of hydrogen-bond donors (Lipinski definition) is 0. The smallest absolute Gasteiger partial charge is 0.363 e. The van der Waals surface area contributed by atoms with Crippen molar-refractivity contribution < 1.29 is 28.5 Å². The van der Waals surface area contributed by atoms with E-state index in [-0.39, 0.29) is 17.3 Å². The van der Waals surface area contributed by atoms with Crippen LogP contribution in [0.1, 0.15) is 30.5 Å². The van der Waals surface area contributed by atoms with Crippen LogP contribution in [-0.4, -0.2) is 31.1 Å². The Bertz CT molecular complexity index is 1500. The summed E-state index contributed by atoms with van der Waals surface area (Å²) in [4.78, 5) is 29.7. The number of ether oxygens (including phenoxy) is 4. The van der Waals surface area contributed by atoms with Crippen molar-refractivity contribution in [2.75, 3.05) is 13.2 Å². The number of carbonyl (C=O) groups is 2. The first-order chi connectivity index (χ1) is 18.8. The van der Waals surface area contributed by atoms with Gasteiger partial charge in [-0.3, -0.25) is 0 Å². The van der Waals surface area contributed by atoms with E-state index in [2.05, 4.69) is 36.9 Å². The molecule has 0 aliphatic carbocycles. The predicted octanol–water partition coefficient (Wildman–Crippen LogP) is 7.63. The molecule has 0 radical (unpaired) electrons. The number of nitrogens with zero attached hydrogens (tertiary/aromatic N) is 1. The maximum atomic E-state index is 12.7. The summed E-state index contributed by atoms with van der Waals surface area (Å²) in [5.74, 6) is 0.182. The molecule has 7 nitrogen and oxygen atoms in total. The molecule has 1 aliphatic rings. The molecule has 0 aromatic heterocycles. The number of hydrogen-bond acceptors (Lipinski definition) is 7. The maximum Gasteiger partial charge on any atom is 0.363 e. The van der Waals surface area contributed by atoms with Gasteiger partial charge in [0, 0.05) is 26.7 Å². The molecule has 0 amide bonds. The van der Waals surface area contributed by atoms with Crippen LogP contribution in [0.25, 0.3) is 12.2 Å². The van der Waals surface area contributed by atoms with Gasteiger partial charge < -0.3 is 18.9 Å². The fourth-order valence-electron chi connectivity index (χ4n) is 3.53. The van der Waals surface area contributed by atoms with Crippen molar-refractivity contribution in [2.24, 2.45) is 4.99 Å². The molecule has 0 atom stereocenters. The van der Waals surface area contributed by atoms with E-state index in [4.69, 9.17) is 30.5 Å². The Morgan fingerprint density at radius 2 is 1.72 bits per heavy atom. The van der Waals surface area contributed by atoms with Gasteiger partial charge in [-0.15, -0.1) is 0 Å². The van der Waals surface area contributed by atoms with E-state index in [1.165, 1.54) is 12.2 Å². The van der Waals surface area contributed by atoms with Gasteiger partial charge in [-0.05, 0) is 90.0 Å². The van der Waals surface area contributed by atoms with Crippen LogP contribution in [0.2, 0.25) is 5.02 Å². The highest BCUT2D eigenvalue weighted by Crippen LogP contribution is 2.36. The molecule has 0 fully saturated rings. The van der Waals surface area contributed by atoms with E-state index in [0.717, 1.165) is 5.56 Å². The Morgan fingerprint density at radius 1 is 1.00 bits per heavy atom. The molecule has 200 valence electrons. The van der Waals surface area contributed by atoms with E-state index in [1.54, 1.807) is 60.7 Å². The van der Waals surface area contributed by atoms with Gasteiger partial charge >= 0.3 is 11.9 Å². The quantitative estimate of drug-likeness (QED) is 0.132. The lowest BCUT2D eigenvalue weighted by molar-refractivity contribution is -0.130. The second-order valence-electron chi connectivity index (χ2n) is 7.98. The molecule has 3 aromatic rings. The Morgan fingerprint density at radius 3 is 2.44 bits per heavy atom. The summed E-state index contributed by atoms with van der Waals surface area (Å²) in [7, 11) is 0. The van der Waals surface area contributed by atoms with Crippen molar-refractivity contribution in [1.29, 1.82) is 0 Å². The van der Waals surface area contributed by atoms with Crippen molar-refractivity contribution in [3.63, 3.8) is 0 Å². The SMILES string of the molecule is CCOc1ccc(C2=N/C(=C\c3cc(Br)cc(Br)c3OC(=O)/C=C/c3ccc(Cl)cc3)C(=O)O2)cc1OCC. The molecule has 1 heterocycles. The number of rotatable bonds is 9. The number of cyclic esters (lactones) is 1. The van der Waals surface area contributed by atoms with Gasteiger partial charge in [0.2, 0.25) is 5.90 Å². The lowest BCUT2D eigenvalue weighted by Gasteiger charge is -2.11. The summed E-state index contributed by atoms with van der Waals surface area (Å²) in [5.41, 5.74) is 1.80. The topological polar surface area (TPSA) is 83.4 Å². The normalized spacial score (nSPS) is 13.9. The van der Waals surface area contributed by atoms with E-state index >= 15 is 0 Å². The summed E-state index contributed by atoms with van der Waals surface area (Å²) < 4.78 is 23.5. The Labute approximate surface area is 247 Å². The van der Waals surface area contributed by atoms with Gasteiger partial charge in [0.1, 0.15) is 0 Å². The minimum absolute atomic E-state index is 0.0378. The van der Waals surface area contributed by atoms with Crippen LogP contribution in [-0.2, 0) is 14.3 Å². The third-order valence-electron chi connectivity index (χ3n) is 5.22. The first kappa shape index (κ1) is 28.6. The molecule has 3 aromatic carbocycles. The molecule has 1 aliphatic heterocycles. The lowest BCUT2D eigenvalue weighted by Crippen LogP contribution is -2.07. The molecule has 0 bridgehead atoms. The highest BCUT2D eigenvalue weighted by Gasteiger charge is 2.26. The second kappa shape index (κ2) is 13.1. The summed E-state index contributed by atoms with van der Waals surface area (Å²) in [6.07, 6.45) is 4.41. The van der Waals surface area contributed by atoms with Crippen LogP contribution in [0, 0.1) is 0 Å². The largest absolute Gasteiger partial charge is 0.490 e. The van der Waals surface area contributed by atoms with Crippen LogP contribution in [0.4, 0.5) is 0 Å². The zero-order valence-electron chi connectivity index (χ0n) is 20.9. The van der Waals surface area contributed by atoms with E-state index in [1.807, 2.05) is 13.8 Å². The van der Waals surface area contributed by atoms with Crippen molar-refractivity contribution in [3.05, 3.63) is 97.0 Å². The van der Waals surface area contributed by atoms with Crippen molar-refractivity contribution >= 4 is 73.4 Å². The van der Waals surface area contributed by atoms with Gasteiger partial charge in [-0.2, -0.15) is 0 Å². The van der Waals surface area contributed by atoms with Crippen molar-refractivity contribution in [1.82, 2.24) is 0 Å². The molecular formula is C29H22Br2ClNO6. The molecule has 10 heteroatoms. The second-order valence-corrected chi connectivity index (χ2v) is 10.2. The standard InChI is InChI=1S/C29H22Br2ClNO6/c1-3-36-24-11-8-18(15-25(24)37-4-2)28-33-23(29(35)39-28)14-19-13-20(30)16-22(31)27(19)38-26(34)12-7-17-5-9-21(32)10-6-17/h5-16H,3-4H2,1-2H3/b12-7+,23-14-. The van der Waals surface area contributed by atoms with Crippen LogP contribution in [0.5, 0.6) is 17.2 Å². The van der Waals surface area contributed by atoms with Gasteiger partial charge in [-0.1, -0.05) is 39.7 Å². The molecule has 0 saturated heterocycles. The van der Waals surface area contributed by atoms with Gasteiger partial charge in [0.15, 0.2) is 22.9 Å². The number of esters is 2. The van der Waals surface area contributed by atoms with Gasteiger partial charge in [0.05, 0.1) is 17.7 Å². The summed E-state index contributed by atoms with van der Waals surface area (Å²) in [6.45, 7) is 4.67. The fraction of sp³-hybridized carbons (Fsp3) is 0.138. The van der Waals surface area contributed by atoms with Gasteiger partial charge in [-0.25, -0.2) is 14.6 Å². The summed E-state index contributed by atoms with van der Waals surface area (Å²) >= 11 is 12.8. The third kappa shape index (κ3) is 7.38. The summed E-state index contributed by atoms with van der Waals surface area (Å²) in [5, 5.41) is 0.597. The van der Waals surface area contributed by atoms with E-state index in [0.29, 0.717) is 49.8 Å². The molecule has 4 rings (SSSR count). The fourth-order valence-corrected chi connectivity index (χ4v) is 5.00. The van der Waals surface area contributed by atoms with Crippen LogP contribution < -0.4 is 14.2 Å². The molecular weight excluding hydrogens is 654 g/mol. The van der Waals surface area contributed by atoms with Crippen molar-refractivity contribution in [2.45, 2.75) is 13.8 Å². The maximum absolute atomic E-state index is 12.7. The number of halogens is 3.